The fourth-order valence-corrected chi connectivity index (χ4v) is 3.58. The first-order valence-corrected chi connectivity index (χ1v) is 8.73. The van der Waals surface area contributed by atoms with E-state index in [1.165, 1.54) is 37.7 Å². The van der Waals surface area contributed by atoms with E-state index in [9.17, 15) is 4.79 Å². The molecule has 0 bridgehead atoms. The third kappa shape index (κ3) is 2.86. The van der Waals surface area contributed by atoms with Crippen molar-refractivity contribution in [2.45, 2.75) is 45.6 Å². The van der Waals surface area contributed by atoms with Crippen LogP contribution in [0, 0.1) is 12.8 Å². The number of benzene rings is 1. The number of fused-ring (bicyclic) bond motifs is 1. The highest BCUT2D eigenvalue weighted by atomic mass is 16.1. The van der Waals surface area contributed by atoms with E-state index in [1.54, 1.807) is 10.8 Å². The second-order valence-corrected chi connectivity index (χ2v) is 6.84. The van der Waals surface area contributed by atoms with Crippen molar-refractivity contribution in [3.8, 4) is 11.3 Å². The average Bonchev–Trinajstić information content (AvgIpc) is 2.91. The number of aromatic amines is 1. The Morgan fingerprint density at radius 3 is 2.67 bits per heavy atom. The second kappa shape index (κ2) is 6.23. The summed E-state index contributed by atoms with van der Waals surface area (Å²) in [7, 11) is 0. The molecule has 2 heterocycles. The van der Waals surface area contributed by atoms with Gasteiger partial charge in [-0.3, -0.25) is 9.55 Å². The number of imidazole rings is 1. The largest absolute Gasteiger partial charge is 0.328 e. The zero-order valence-corrected chi connectivity index (χ0v) is 14.0. The van der Waals surface area contributed by atoms with Crippen LogP contribution < -0.4 is 5.69 Å². The smallest absolute Gasteiger partial charge is 0.289 e. The van der Waals surface area contributed by atoms with Gasteiger partial charge in [0.25, 0.3) is 0 Å². The number of nitrogens with zero attached hydrogens (tertiary/aromatic N) is 3. The van der Waals surface area contributed by atoms with Crippen molar-refractivity contribution >= 4 is 11.3 Å². The van der Waals surface area contributed by atoms with Crippen molar-refractivity contribution in [1.82, 2.24) is 19.5 Å². The Bertz CT molecular complexity index is 901. The minimum atomic E-state index is -0.100. The monoisotopic (exact) mass is 322 g/mol. The fourth-order valence-electron chi connectivity index (χ4n) is 3.58. The lowest BCUT2D eigenvalue weighted by Gasteiger charge is -2.21. The van der Waals surface area contributed by atoms with Crippen molar-refractivity contribution in [2.75, 3.05) is 0 Å². The second-order valence-electron chi connectivity index (χ2n) is 6.84. The number of nitrogens with one attached hydrogen (secondary N) is 1. The topological polar surface area (TPSA) is 63.6 Å². The molecule has 2 aromatic heterocycles. The molecule has 3 aromatic rings. The molecule has 4 rings (SSSR count). The summed E-state index contributed by atoms with van der Waals surface area (Å²) in [6.07, 6.45) is 7.98. The highest BCUT2D eigenvalue weighted by molar-refractivity contribution is 5.70. The maximum absolute atomic E-state index is 12.3. The summed E-state index contributed by atoms with van der Waals surface area (Å²) in [5, 5.41) is 0. The van der Waals surface area contributed by atoms with E-state index in [4.69, 9.17) is 4.98 Å². The predicted molar refractivity (Wildman–Crippen MR) is 94.9 cm³/mol. The van der Waals surface area contributed by atoms with Gasteiger partial charge in [-0.2, -0.15) is 0 Å². The maximum Gasteiger partial charge on any atom is 0.328 e. The molecule has 0 unspecified atom stereocenters. The van der Waals surface area contributed by atoms with Gasteiger partial charge in [0.05, 0.1) is 11.9 Å². The number of H-pyrrole nitrogens is 1. The zero-order valence-electron chi connectivity index (χ0n) is 14.0. The number of rotatable bonds is 3. The molecule has 0 spiro atoms. The molecule has 0 radical (unpaired) electrons. The van der Waals surface area contributed by atoms with E-state index in [2.05, 4.69) is 29.0 Å². The van der Waals surface area contributed by atoms with E-state index in [-0.39, 0.29) is 5.69 Å². The molecule has 0 atom stereocenters. The van der Waals surface area contributed by atoms with Crippen LogP contribution in [-0.4, -0.2) is 19.5 Å². The van der Waals surface area contributed by atoms with E-state index in [1.807, 2.05) is 12.1 Å². The molecular formula is C19H22N4O. The number of hydrogen-bond donors (Lipinski definition) is 1. The maximum atomic E-state index is 12.3. The molecule has 1 N–H and O–H groups in total. The van der Waals surface area contributed by atoms with Crippen molar-refractivity contribution in [3.05, 3.63) is 46.5 Å². The quantitative estimate of drug-likeness (QED) is 0.800. The summed E-state index contributed by atoms with van der Waals surface area (Å²) in [5.74, 6) is 0.570. The third-order valence-electron chi connectivity index (χ3n) is 4.99. The Hall–Kier alpha value is -2.43. The lowest BCUT2D eigenvalue weighted by atomic mass is 9.89. The van der Waals surface area contributed by atoms with E-state index < -0.39 is 0 Å². The Morgan fingerprint density at radius 1 is 1.17 bits per heavy atom. The van der Waals surface area contributed by atoms with Crippen LogP contribution in [0.25, 0.3) is 22.6 Å². The van der Waals surface area contributed by atoms with Crippen LogP contribution in [0.3, 0.4) is 0 Å². The zero-order chi connectivity index (χ0) is 16.5. The van der Waals surface area contributed by atoms with Crippen LogP contribution in [0.4, 0.5) is 0 Å². The van der Waals surface area contributed by atoms with Crippen LogP contribution in [0.2, 0.25) is 0 Å². The van der Waals surface area contributed by atoms with Crippen molar-refractivity contribution in [3.63, 3.8) is 0 Å². The van der Waals surface area contributed by atoms with Crippen LogP contribution >= 0.6 is 0 Å². The van der Waals surface area contributed by atoms with Crippen LogP contribution in [0.1, 0.15) is 37.7 Å². The van der Waals surface area contributed by atoms with Gasteiger partial charge in [0, 0.05) is 12.1 Å². The highest BCUT2D eigenvalue weighted by Gasteiger charge is 2.18. The highest BCUT2D eigenvalue weighted by Crippen LogP contribution is 2.26. The minimum absolute atomic E-state index is 0.100. The van der Waals surface area contributed by atoms with Crippen LogP contribution in [-0.2, 0) is 6.54 Å². The molecule has 5 heteroatoms. The molecule has 124 valence electrons. The Kier molecular flexibility index (Phi) is 3.92. The molecular weight excluding hydrogens is 300 g/mol. The van der Waals surface area contributed by atoms with Crippen molar-refractivity contribution in [2.24, 2.45) is 5.92 Å². The lowest BCUT2D eigenvalue weighted by molar-refractivity contribution is 0.319. The number of aryl methyl sites for hydroxylation is 1. The Balaban J connectivity index is 1.73. The van der Waals surface area contributed by atoms with Gasteiger partial charge in [-0.15, -0.1) is 0 Å². The summed E-state index contributed by atoms with van der Waals surface area (Å²) in [4.78, 5) is 24.3. The number of aromatic nitrogens is 4. The fraction of sp³-hybridized carbons (Fsp3) is 0.421. The van der Waals surface area contributed by atoms with Crippen molar-refractivity contribution < 1.29 is 0 Å². The Labute approximate surface area is 140 Å². The Morgan fingerprint density at radius 2 is 1.92 bits per heavy atom. The first-order chi connectivity index (χ1) is 11.7. The average molecular weight is 322 g/mol. The molecule has 1 aliphatic carbocycles. The van der Waals surface area contributed by atoms with Gasteiger partial charge in [0.15, 0.2) is 11.3 Å². The summed E-state index contributed by atoms with van der Waals surface area (Å²) in [5.41, 5.74) is 4.18. The van der Waals surface area contributed by atoms with Crippen LogP contribution in [0.5, 0.6) is 0 Å². The molecule has 0 aliphatic heterocycles. The molecule has 1 aliphatic rings. The van der Waals surface area contributed by atoms with Gasteiger partial charge in [-0.25, -0.2) is 14.8 Å². The van der Waals surface area contributed by atoms with Crippen molar-refractivity contribution in [1.29, 1.82) is 0 Å². The predicted octanol–water partition coefficient (Wildman–Crippen LogP) is 3.68. The van der Waals surface area contributed by atoms with Gasteiger partial charge < -0.3 is 0 Å². The summed E-state index contributed by atoms with van der Waals surface area (Å²) in [6.45, 7) is 2.80. The lowest BCUT2D eigenvalue weighted by Crippen LogP contribution is -2.23. The van der Waals surface area contributed by atoms with Gasteiger partial charge in [0.1, 0.15) is 0 Å². The van der Waals surface area contributed by atoms with Gasteiger partial charge in [-0.05, 0) is 25.7 Å². The normalized spacial score (nSPS) is 15.9. The molecule has 0 saturated heterocycles. The molecule has 1 fully saturated rings. The van der Waals surface area contributed by atoms with Crippen LogP contribution in [0.15, 0.2) is 35.3 Å². The molecule has 5 nitrogen and oxygen atoms in total. The summed E-state index contributed by atoms with van der Waals surface area (Å²) >= 11 is 0. The number of hydrogen-bond acceptors (Lipinski definition) is 3. The molecule has 1 saturated carbocycles. The summed E-state index contributed by atoms with van der Waals surface area (Å²) < 4.78 is 1.77. The molecule has 24 heavy (non-hydrogen) atoms. The van der Waals surface area contributed by atoms with Gasteiger partial charge >= 0.3 is 5.69 Å². The van der Waals surface area contributed by atoms with E-state index in [0.29, 0.717) is 17.2 Å². The first kappa shape index (κ1) is 15.1. The standard InChI is InChI=1S/C19H22N4O/c1-13-7-9-15(10-8-13)16-11-20-17-18(21-16)23(19(24)22-17)12-14-5-3-2-4-6-14/h7-11,14H,2-6,12H2,1H3,(H,20,22,24). The van der Waals surface area contributed by atoms with Gasteiger partial charge in [0.2, 0.25) is 0 Å². The van der Waals surface area contributed by atoms with Gasteiger partial charge in [-0.1, -0.05) is 49.1 Å². The third-order valence-corrected chi connectivity index (χ3v) is 4.99. The molecule has 1 aromatic carbocycles. The first-order valence-electron chi connectivity index (χ1n) is 8.73. The molecule has 0 amide bonds. The van der Waals surface area contributed by atoms with E-state index in [0.717, 1.165) is 17.8 Å². The SMILES string of the molecule is Cc1ccc(-c2cnc3[nH]c(=O)n(CC4CCCCC4)c3n2)cc1. The summed E-state index contributed by atoms with van der Waals surface area (Å²) in [6, 6.07) is 8.21. The minimum Gasteiger partial charge on any atom is -0.289 e. The van der Waals surface area contributed by atoms with E-state index >= 15 is 0 Å².